The lowest BCUT2D eigenvalue weighted by Crippen LogP contribution is -2.40. The minimum atomic E-state index is -3.53. The van der Waals surface area contributed by atoms with E-state index in [-0.39, 0.29) is 17.3 Å². The molecule has 0 saturated carbocycles. The molecule has 150 valence electrons. The molecular weight excluding hydrogens is 382 g/mol. The van der Waals surface area contributed by atoms with Gasteiger partial charge in [-0.2, -0.15) is 4.31 Å². The Kier molecular flexibility index (Phi) is 6.33. The van der Waals surface area contributed by atoms with E-state index in [0.717, 1.165) is 5.56 Å². The minimum absolute atomic E-state index is 0.0402. The predicted octanol–water partition coefficient (Wildman–Crippen LogP) is 2.50. The predicted molar refractivity (Wildman–Crippen MR) is 103 cm³/mol. The molecular formula is C20H23NO6S. The van der Waals surface area contributed by atoms with Gasteiger partial charge in [0.05, 0.1) is 25.2 Å². The first-order valence-corrected chi connectivity index (χ1v) is 10.3. The first-order chi connectivity index (χ1) is 13.4. The maximum Gasteiger partial charge on any atom is 0.243 e. The van der Waals surface area contributed by atoms with Crippen LogP contribution in [0.4, 0.5) is 0 Å². The highest BCUT2D eigenvalue weighted by atomic mass is 32.2. The second-order valence-electron chi connectivity index (χ2n) is 6.36. The van der Waals surface area contributed by atoms with E-state index in [0.29, 0.717) is 43.4 Å². The van der Waals surface area contributed by atoms with Gasteiger partial charge in [0, 0.05) is 24.2 Å². The number of sulfonamides is 1. The van der Waals surface area contributed by atoms with Crippen molar-refractivity contribution in [3.8, 4) is 11.5 Å². The van der Waals surface area contributed by atoms with E-state index in [1.54, 1.807) is 37.4 Å². The molecule has 7 nitrogen and oxygen atoms in total. The van der Waals surface area contributed by atoms with Crippen molar-refractivity contribution in [2.24, 2.45) is 0 Å². The molecule has 28 heavy (non-hydrogen) atoms. The molecule has 0 bridgehead atoms. The fourth-order valence-corrected chi connectivity index (χ4v) is 4.32. The van der Waals surface area contributed by atoms with Crippen LogP contribution in [-0.2, 0) is 21.4 Å². The summed E-state index contributed by atoms with van der Waals surface area (Å²) in [5.41, 5.74) is 1.31. The smallest absolute Gasteiger partial charge is 0.243 e. The molecule has 1 fully saturated rings. The van der Waals surface area contributed by atoms with Gasteiger partial charge in [0.25, 0.3) is 0 Å². The molecule has 0 aromatic heterocycles. The highest BCUT2D eigenvalue weighted by molar-refractivity contribution is 7.89. The lowest BCUT2D eigenvalue weighted by atomic mass is 10.1. The molecule has 0 N–H and O–H groups in total. The highest BCUT2D eigenvalue weighted by Gasteiger charge is 2.26. The van der Waals surface area contributed by atoms with Crippen molar-refractivity contribution in [3.05, 3.63) is 53.6 Å². The first-order valence-electron chi connectivity index (χ1n) is 8.90. The number of ether oxygens (including phenoxy) is 3. The maximum absolute atomic E-state index is 12.6. The Balaban J connectivity index is 1.71. The van der Waals surface area contributed by atoms with Crippen molar-refractivity contribution in [3.63, 3.8) is 0 Å². The van der Waals surface area contributed by atoms with Gasteiger partial charge in [-0.15, -0.1) is 0 Å². The third-order valence-corrected chi connectivity index (χ3v) is 6.43. The maximum atomic E-state index is 12.6. The summed E-state index contributed by atoms with van der Waals surface area (Å²) >= 11 is 0. The molecule has 0 unspecified atom stereocenters. The van der Waals surface area contributed by atoms with Crippen LogP contribution in [0.25, 0.3) is 0 Å². The average molecular weight is 405 g/mol. The summed E-state index contributed by atoms with van der Waals surface area (Å²) in [4.78, 5) is 11.8. The number of nitrogens with zero attached hydrogens (tertiary/aromatic N) is 1. The monoisotopic (exact) mass is 405 g/mol. The summed E-state index contributed by atoms with van der Waals surface area (Å²) in [6, 6.07) is 11.5. The molecule has 8 heteroatoms. The van der Waals surface area contributed by atoms with Crippen LogP contribution in [0, 0.1) is 0 Å². The van der Waals surface area contributed by atoms with E-state index in [2.05, 4.69) is 0 Å². The van der Waals surface area contributed by atoms with E-state index in [1.807, 2.05) is 0 Å². The van der Waals surface area contributed by atoms with Crippen LogP contribution in [0.2, 0.25) is 0 Å². The van der Waals surface area contributed by atoms with Crippen molar-refractivity contribution in [2.75, 3.05) is 33.4 Å². The van der Waals surface area contributed by atoms with Crippen molar-refractivity contribution in [1.29, 1.82) is 0 Å². The molecule has 0 radical (unpaired) electrons. The van der Waals surface area contributed by atoms with E-state index in [1.165, 1.54) is 23.4 Å². The summed E-state index contributed by atoms with van der Waals surface area (Å²) in [6.07, 6.45) is 0. The summed E-state index contributed by atoms with van der Waals surface area (Å²) in [6.45, 7) is 3.21. The number of carbonyl (C=O) groups is 1. The van der Waals surface area contributed by atoms with Crippen LogP contribution in [0.3, 0.4) is 0 Å². The number of hydrogen-bond acceptors (Lipinski definition) is 6. The molecule has 1 heterocycles. The van der Waals surface area contributed by atoms with E-state index >= 15 is 0 Å². The number of hydrogen-bond donors (Lipinski definition) is 0. The SMILES string of the molecule is COc1ccc(C(C)=O)cc1COc1ccc(S(=O)(=O)N2CCOCC2)cc1. The third-order valence-electron chi connectivity index (χ3n) is 4.51. The molecule has 0 amide bonds. The van der Waals surface area contributed by atoms with Crippen molar-refractivity contribution in [2.45, 2.75) is 18.4 Å². The number of rotatable bonds is 7. The van der Waals surface area contributed by atoms with Crippen LogP contribution >= 0.6 is 0 Å². The van der Waals surface area contributed by atoms with Crippen molar-refractivity contribution < 1.29 is 27.4 Å². The number of Topliss-reactive ketones (excluding diaryl/α,β-unsaturated/α-hetero) is 1. The number of carbonyl (C=O) groups excluding carboxylic acids is 1. The lowest BCUT2D eigenvalue weighted by molar-refractivity contribution is 0.0730. The molecule has 2 aromatic rings. The topological polar surface area (TPSA) is 82.1 Å². The molecule has 1 aliphatic heterocycles. The molecule has 3 rings (SSSR count). The molecule has 1 aliphatic rings. The Morgan fingerprint density at radius 1 is 1.11 bits per heavy atom. The van der Waals surface area contributed by atoms with Gasteiger partial charge in [-0.25, -0.2) is 8.42 Å². The fourth-order valence-electron chi connectivity index (χ4n) is 2.92. The Hall–Kier alpha value is -2.42. The van der Waals surface area contributed by atoms with Crippen molar-refractivity contribution in [1.82, 2.24) is 4.31 Å². The number of benzene rings is 2. The molecule has 2 aromatic carbocycles. The normalized spacial score (nSPS) is 15.2. The van der Waals surface area contributed by atoms with Gasteiger partial charge in [-0.1, -0.05) is 0 Å². The quantitative estimate of drug-likeness (QED) is 0.659. The molecule has 0 spiro atoms. The zero-order valence-corrected chi connectivity index (χ0v) is 16.7. The van der Waals surface area contributed by atoms with Gasteiger partial charge in [0.2, 0.25) is 10.0 Å². The van der Waals surface area contributed by atoms with E-state index in [4.69, 9.17) is 14.2 Å². The average Bonchev–Trinajstić information content (AvgIpc) is 2.73. The van der Waals surface area contributed by atoms with Gasteiger partial charge < -0.3 is 14.2 Å². The van der Waals surface area contributed by atoms with Crippen molar-refractivity contribution >= 4 is 15.8 Å². The van der Waals surface area contributed by atoms with Gasteiger partial charge in [0.1, 0.15) is 18.1 Å². The van der Waals surface area contributed by atoms with E-state index in [9.17, 15) is 13.2 Å². The Labute approximate surface area is 164 Å². The largest absolute Gasteiger partial charge is 0.496 e. The summed E-state index contributed by atoms with van der Waals surface area (Å²) in [5, 5.41) is 0. The number of morpholine rings is 1. The lowest BCUT2D eigenvalue weighted by Gasteiger charge is -2.26. The second kappa shape index (κ2) is 8.72. The van der Waals surface area contributed by atoms with Gasteiger partial charge in [0.15, 0.2) is 5.78 Å². The summed E-state index contributed by atoms with van der Waals surface area (Å²) in [5.74, 6) is 1.11. The molecule has 1 saturated heterocycles. The first kappa shape index (κ1) is 20.3. The highest BCUT2D eigenvalue weighted by Crippen LogP contribution is 2.24. The number of ketones is 1. The Morgan fingerprint density at radius 2 is 1.79 bits per heavy atom. The van der Waals surface area contributed by atoms with Crippen LogP contribution < -0.4 is 9.47 Å². The Morgan fingerprint density at radius 3 is 2.39 bits per heavy atom. The summed E-state index contributed by atoms with van der Waals surface area (Å²) < 4.78 is 43.0. The van der Waals surface area contributed by atoms with Gasteiger partial charge >= 0.3 is 0 Å². The minimum Gasteiger partial charge on any atom is -0.496 e. The standard InChI is InChI=1S/C20H23NO6S/c1-15(22)16-3-8-20(25-2)17(13-16)14-27-18-4-6-19(7-5-18)28(23,24)21-9-11-26-12-10-21/h3-8,13H,9-12,14H2,1-2H3. The Bertz CT molecular complexity index is 934. The molecule has 0 atom stereocenters. The molecule has 0 aliphatic carbocycles. The summed E-state index contributed by atoms with van der Waals surface area (Å²) in [7, 11) is -1.98. The van der Waals surface area contributed by atoms with Gasteiger partial charge in [-0.05, 0) is 49.4 Å². The zero-order chi connectivity index (χ0) is 20.1. The van der Waals surface area contributed by atoms with Gasteiger partial charge in [-0.3, -0.25) is 4.79 Å². The fraction of sp³-hybridized carbons (Fsp3) is 0.350. The van der Waals surface area contributed by atoms with Crippen LogP contribution in [-0.4, -0.2) is 51.9 Å². The number of methoxy groups -OCH3 is 1. The third kappa shape index (κ3) is 4.52. The van der Waals surface area contributed by atoms with Crippen LogP contribution in [0.15, 0.2) is 47.4 Å². The zero-order valence-electron chi connectivity index (χ0n) is 15.9. The second-order valence-corrected chi connectivity index (χ2v) is 8.30. The van der Waals surface area contributed by atoms with E-state index < -0.39 is 10.0 Å². The van der Waals surface area contributed by atoms with Crippen LogP contribution in [0.1, 0.15) is 22.8 Å². The van der Waals surface area contributed by atoms with Crippen LogP contribution in [0.5, 0.6) is 11.5 Å².